The van der Waals surface area contributed by atoms with Crippen LogP contribution in [0.2, 0.25) is 0 Å². The lowest BCUT2D eigenvalue weighted by Crippen LogP contribution is -2.28. The zero-order chi connectivity index (χ0) is 14.7. The molecular weight excluding hydrogens is 294 g/mol. The van der Waals surface area contributed by atoms with E-state index in [-0.39, 0.29) is 5.97 Å². The highest BCUT2D eigenvalue weighted by Gasteiger charge is 2.25. The molecule has 0 aromatic carbocycles. The molecule has 0 bridgehead atoms. The van der Waals surface area contributed by atoms with Crippen molar-refractivity contribution in [3.63, 3.8) is 0 Å². The van der Waals surface area contributed by atoms with Crippen LogP contribution in [0.4, 0.5) is 10.7 Å². The molecule has 1 aliphatic rings. The van der Waals surface area contributed by atoms with Crippen molar-refractivity contribution in [2.24, 2.45) is 0 Å². The molecule has 0 unspecified atom stereocenters. The quantitative estimate of drug-likeness (QED) is 0.680. The predicted octanol–water partition coefficient (Wildman–Crippen LogP) is 1.98. The van der Waals surface area contributed by atoms with Gasteiger partial charge in [0.05, 0.1) is 17.7 Å². The molecule has 7 heteroatoms. The van der Waals surface area contributed by atoms with Gasteiger partial charge in [0.2, 0.25) is 0 Å². The summed E-state index contributed by atoms with van der Waals surface area (Å²) in [4.78, 5) is 18.0. The van der Waals surface area contributed by atoms with Crippen LogP contribution in [0.5, 0.6) is 0 Å². The molecule has 2 N–H and O–H groups in total. The van der Waals surface area contributed by atoms with Crippen LogP contribution in [0.15, 0.2) is 4.90 Å². The van der Waals surface area contributed by atoms with Gasteiger partial charge in [-0.2, -0.15) is 0 Å². The molecule has 0 atom stereocenters. The molecule has 1 aromatic rings. The van der Waals surface area contributed by atoms with Crippen molar-refractivity contribution in [2.75, 3.05) is 57.2 Å². The maximum absolute atomic E-state index is 11.8. The average Bonchev–Trinajstić information content (AvgIpc) is 2.62. The van der Waals surface area contributed by atoms with Crippen LogP contribution < -0.4 is 10.6 Å². The first-order chi connectivity index (χ1) is 9.58. The van der Waals surface area contributed by atoms with Crippen LogP contribution in [-0.2, 0) is 4.74 Å². The lowest BCUT2D eigenvalue weighted by molar-refractivity contribution is 0.0607. The van der Waals surface area contributed by atoms with Crippen LogP contribution in [-0.4, -0.2) is 57.5 Å². The number of hydrogen-bond donors (Lipinski definition) is 1. The Kier molecular flexibility index (Phi) is 5.17. The summed E-state index contributed by atoms with van der Waals surface area (Å²) in [7, 11) is 3.53. The Morgan fingerprint density at radius 3 is 2.75 bits per heavy atom. The van der Waals surface area contributed by atoms with Gasteiger partial charge >= 0.3 is 5.97 Å². The molecule has 0 aliphatic carbocycles. The summed E-state index contributed by atoms with van der Waals surface area (Å²) in [6, 6.07) is 0. The Morgan fingerprint density at radius 2 is 2.10 bits per heavy atom. The number of anilines is 2. The Balaban J connectivity index is 2.32. The number of likely N-dealkylation sites (N-methyl/N-ethyl adjacent to an activating group) is 1. The maximum atomic E-state index is 11.8. The van der Waals surface area contributed by atoms with E-state index in [0.29, 0.717) is 10.6 Å². The van der Waals surface area contributed by atoms with Gasteiger partial charge in [-0.25, -0.2) is 4.79 Å². The number of nitrogens with zero attached hydrogens (tertiary/aromatic N) is 2. The number of hydrogen-bond acceptors (Lipinski definition) is 7. The van der Waals surface area contributed by atoms with Crippen molar-refractivity contribution in [3.8, 4) is 0 Å². The van der Waals surface area contributed by atoms with Crippen LogP contribution in [0.1, 0.15) is 16.1 Å². The second-order valence-corrected chi connectivity index (χ2v) is 6.63. The zero-order valence-corrected chi connectivity index (χ0v) is 13.8. The van der Waals surface area contributed by atoms with Crippen LogP contribution in [0.3, 0.4) is 0 Å². The van der Waals surface area contributed by atoms with Crippen LogP contribution >= 0.6 is 23.1 Å². The van der Waals surface area contributed by atoms with Crippen molar-refractivity contribution < 1.29 is 9.53 Å². The minimum Gasteiger partial charge on any atom is -0.465 e. The third-order valence-corrected chi connectivity index (χ3v) is 5.66. The van der Waals surface area contributed by atoms with E-state index in [1.165, 1.54) is 18.4 Å². The highest BCUT2D eigenvalue weighted by Crippen LogP contribution is 2.44. The number of thioether (sulfide) groups is 1. The molecule has 0 amide bonds. The highest BCUT2D eigenvalue weighted by atomic mass is 32.2. The Morgan fingerprint density at radius 1 is 1.35 bits per heavy atom. The van der Waals surface area contributed by atoms with E-state index in [1.54, 1.807) is 11.8 Å². The highest BCUT2D eigenvalue weighted by molar-refractivity contribution is 7.99. The number of thiophene rings is 1. The zero-order valence-electron chi connectivity index (χ0n) is 12.1. The smallest absolute Gasteiger partial charge is 0.350 e. The number of methoxy groups -OCH3 is 1. The minimum absolute atomic E-state index is 0.346. The molecule has 0 spiro atoms. The number of esters is 1. The number of rotatable bonds is 3. The van der Waals surface area contributed by atoms with Gasteiger partial charge < -0.3 is 20.3 Å². The molecule has 0 radical (unpaired) electrons. The van der Waals surface area contributed by atoms with Gasteiger partial charge in [0, 0.05) is 19.6 Å². The fraction of sp³-hybridized carbons (Fsp3) is 0.615. The van der Waals surface area contributed by atoms with Crippen LogP contribution in [0.25, 0.3) is 0 Å². The second kappa shape index (κ2) is 6.69. The first kappa shape index (κ1) is 15.5. The molecule has 2 rings (SSSR count). The molecule has 1 fully saturated rings. The van der Waals surface area contributed by atoms with E-state index in [9.17, 15) is 4.79 Å². The number of nitrogen functional groups attached to an aromatic ring is 1. The van der Waals surface area contributed by atoms with Crippen LogP contribution in [0, 0.1) is 0 Å². The van der Waals surface area contributed by atoms with Gasteiger partial charge in [-0.3, -0.25) is 0 Å². The van der Waals surface area contributed by atoms with Gasteiger partial charge in [-0.1, -0.05) is 0 Å². The summed E-state index contributed by atoms with van der Waals surface area (Å²) < 4.78 is 4.81. The van der Waals surface area contributed by atoms with Gasteiger partial charge in [0.15, 0.2) is 0 Å². The summed E-state index contributed by atoms with van der Waals surface area (Å²) in [6.07, 6.45) is 3.11. The van der Waals surface area contributed by atoms with Crippen molar-refractivity contribution in [3.05, 3.63) is 4.88 Å². The van der Waals surface area contributed by atoms with Crippen molar-refractivity contribution in [1.29, 1.82) is 0 Å². The first-order valence-corrected chi connectivity index (χ1v) is 8.60. The van der Waals surface area contributed by atoms with Crippen molar-refractivity contribution >= 4 is 39.8 Å². The number of ether oxygens (including phenoxy) is 1. The molecule has 1 aromatic heterocycles. The Labute approximate surface area is 128 Å². The predicted molar refractivity (Wildman–Crippen MR) is 86.2 cm³/mol. The van der Waals surface area contributed by atoms with E-state index in [4.69, 9.17) is 10.5 Å². The monoisotopic (exact) mass is 315 g/mol. The molecule has 20 heavy (non-hydrogen) atoms. The third-order valence-electron chi connectivity index (χ3n) is 3.46. The maximum Gasteiger partial charge on any atom is 0.350 e. The topological polar surface area (TPSA) is 58.8 Å². The number of carbonyl (C=O) groups excluding carboxylic acids is 1. The van der Waals surface area contributed by atoms with Gasteiger partial charge in [-0.05, 0) is 26.3 Å². The van der Waals surface area contributed by atoms with E-state index >= 15 is 0 Å². The molecule has 5 nitrogen and oxygen atoms in total. The van der Waals surface area contributed by atoms with Gasteiger partial charge in [0.25, 0.3) is 0 Å². The third kappa shape index (κ3) is 3.05. The van der Waals surface area contributed by atoms with Gasteiger partial charge in [0.1, 0.15) is 9.88 Å². The lowest BCUT2D eigenvalue weighted by atomic mass is 10.3. The lowest BCUT2D eigenvalue weighted by Gasteiger charge is -2.22. The average molecular weight is 315 g/mol. The molecule has 2 heterocycles. The van der Waals surface area contributed by atoms with Gasteiger partial charge in [-0.15, -0.1) is 23.1 Å². The SMILES string of the molecule is COC(=O)c1sc(N2CCCN(C)CC2)c(SC)c1N. The number of nitrogens with two attached hydrogens (primary N) is 1. The van der Waals surface area contributed by atoms with E-state index in [0.717, 1.165) is 42.5 Å². The minimum atomic E-state index is -0.346. The first-order valence-electron chi connectivity index (χ1n) is 6.56. The summed E-state index contributed by atoms with van der Waals surface area (Å²) in [5.41, 5.74) is 6.67. The standard InChI is InChI=1S/C13H21N3O2S2/c1-15-5-4-6-16(8-7-15)12-10(19-3)9(14)11(20-12)13(17)18-2/h4-8,14H2,1-3H3. The molecular formula is C13H21N3O2S2. The summed E-state index contributed by atoms with van der Waals surface area (Å²) >= 11 is 3.04. The molecule has 0 saturated carbocycles. The second-order valence-electron chi connectivity index (χ2n) is 4.82. The summed E-state index contributed by atoms with van der Waals surface area (Å²) in [6.45, 7) is 4.10. The molecule has 1 aliphatic heterocycles. The Hall–Kier alpha value is -0.920. The Bertz CT molecular complexity index is 490. The normalized spacial score (nSPS) is 17.1. The largest absolute Gasteiger partial charge is 0.465 e. The molecule has 112 valence electrons. The van der Waals surface area contributed by atoms with E-state index < -0.39 is 0 Å². The van der Waals surface area contributed by atoms with E-state index in [1.807, 2.05) is 6.26 Å². The van der Waals surface area contributed by atoms with Crippen molar-refractivity contribution in [1.82, 2.24) is 4.90 Å². The van der Waals surface area contributed by atoms with E-state index in [2.05, 4.69) is 16.8 Å². The molecule has 1 saturated heterocycles. The summed E-state index contributed by atoms with van der Waals surface area (Å²) in [5.74, 6) is -0.346. The number of carbonyl (C=O) groups is 1. The fourth-order valence-electron chi connectivity index (χ4n) is 2.32. The van der Waals surface area contributed by atoms with Crippen molar-refractivity contribution in [2.45, 2.75) is 11.3 Å². The summed E-state index contributed by atoms with van der Waals surface area (Å²) in [5, 5.41) is 1.10. The fourth-order valence-corrected chi connectivity index (χ4v) is 4.47.